The fraction of sp³-hybridized carbons (Fsp3) is 0.444. The number of rotatable bonds is 9. The van der Waals surface area contributed by atoms with E-state index < -0.39 is 5.97 Å². The first-order valence-corrected chi connectivity index (χ1v) is 8.16. The van der Waals surface area contributed by atoms with Gasteiger partial charge in [-0.25, -0.2) is 4.79 Å². The van der Waals surface area contributed by atoms with Crippen molar-refractivity contribution < 1.29 is 23.7 Å². The van der Waals surface area contributed by atoms with Gasteiger partial charge in [-0.3, -0.25) is 0 Å². The Morgan fingerprint density at radius 2 is 2.08 bits per heavy atom. The van der Waals surface area contributed by atoms with Crippen molar-refractivity contribution in [2.24, 2.45) is 0 Å². The van der Waals surface area contributed by atoms with Gasteiger partial charge < -0.3 is 18.9 Å². The number of nitrogens with zero attached hydrogens (tertiary/aromatic N) is 1. The van der Waals surface area contributed by atoms with Crippen LogP contribution in [0.3, 0.4) is 0 Å². The molecule has 0 spiro atoms. The summed E-state index contributed by atoms with van der Waals surface area (Å²) in [4.78, 5) is 11.9. The Morgan fingerprint density at radius 1 is 1.36 bits per heavy atom. The van der Waals surface area contributed by atoms with Crippen LogP contribution in [0.4, 0.5) is 0 Å². The summed E-state index contributed by atoms with van der Waals surface area (Å²) in [5.74, 6) is 0.121. The lowest BCUT2D eigenvalue weighted by atomic mass is 10.1. The molecule has 25 heavy (non-hydrogen) atoms. The van der Waals surface area contributed by atoms with Crippen LogP contribution in [0.1, 0.15) is 25.8 Å². The van der Waals surface area contributed by atoms with Gasteiger partial charge in [0.2, 0.25) is 0 Å². The van der Waals surface area contributed by atoms with E-state index in [1.54, 1.807) is 12.1 Å². The van der Waals surface area contributed by atoms with E-state index in [9.17, 15) is 10.1 Å². The van der Waals surface area contributed by atoms with E-state index in [-0.39, 0.29) is 24.9 Å². The molecule has 0 aliphatic heterocycles. The average molecular weight is 368 g/mol. The molecule has 1 aromatic rings. The second-order valence-corrected chi connectivity index (χ2v) is 5.58. The van der Waals surface area contributed by atoms with E-state index in [4.69, 9.17) is 30.5 Å². The molecule has 0 fully saturated rings. The number of carbonyl (C=O) groups is 1. The molecular formula is C18H22ClNO5. The smallest absolute Gasteiger partial charge is 0.348 e. The molecule has 0 bridgehead atoms. The minimum atomic E-state index is -0.727. The number of nitriles is 1. The first-order valence-electron chi connectivity index (χ1n) is 7.78. The Labute approximate surface area is 152 Å². The Kier molecular flexibility index (Phi) is 8.82. The summed E-state index contributed by atoms with van der Waals surface area (Å²) in [5.41, 5.74) is 0.378. The quantitative estimate of drug-likeness (QED) is 0.287. The van der Waals surface area contributed by atoms with Gasteiger partial charge in [0.1, 0.15) is 18.2 Å². The number of hydrogen-bond acceptors (Lipinski definition) is 6. The molecule has 136 valence electrons. The van der Waals surface area contributed by atoms with E-state index in [1.807, 2.05) is 19.9 Å². The van der Waals surface area contributed by atoms with Crippen LogP contribution < -0.4 is 9.47 Å². The Bertz CT molecular complexity index is 666. The number of ether oxygens (including phenoxy) is 4. The van der Waals surface area contributed by atoms with E-state index in [2.05, 4.69) is 0 Å². The summed E-state index contributed by atoms with van der Waals surface area (Å²) in [7, 11) is 2.99. The standard InChI is InChI=1S/C18H22ClNO5/c1-5-12(2)25-17-15(19)9-13(10-16(17)23-4)8-14(11-20)18(21)24-7-6-22-3/h8-10,12H,5-7H2,1-4H3. The van der Waals surface area contributed by atoms with Gasteiger partial charge in [0.25, 0.3) is 0 Å². The molecule has 0 heterocycles. The largest absolute Gasteiger partial charge is 0.493 e. The maximum atomic E-state index is 11.9. The zero-order valence-corrected chi connectivity index (χ0v) is 15.6. The van der Waals surface area contributed by atoms with E-state index >= 15 is 0 Å². The highest BCUT2D eigenvalue weighted by Gasteiger charge is 2.16. The van der Waals surface area contributed by atoms with Crippen molar-refractivity contribution in [3.05, 3.63) is 28.3 Å². The lowest BCUT2D eigenvalue weighted by Crippen LogP contribution is -2.11. The van der Waals surface area contributed by atoms with Crippen molar-refractivity contribution in [2.75, 3.05) is 27.4 Å². The predicted molar refractivity (Wildman–Crippen MR) is 94.8 cm³/mol. The first kappa shape index (κ1) is 20.8. The summed E-state index contributed by atoms with van der Waals surface area (Å²) >= 11 is 6.27. The molecule has 1 aromatic carbocycles. The zero-order valence-electron chi connectivity index (χ0n) is 14.8. The molecular weight excluding hydrogens is 346 g/mol. The van der Waals surface area contributed by atoms with E-state index in [1.165, 1.54) is 20.3 Å². The average Bonchev–Trinajstić information content (AvgIpc) is 2.61. The molecule has 0 aromatic heterocycles. The topological polar surface area (TPSA) is 77.8 Å². The molecule has 7 heteroatoms. The molecule has 0 radical (unpaired) electrons. The van der Waals surface area contributed by atoms with Gasteiger partial charge in [-0.05, 0) is 37.1 Å². The maximum absolute atomic E-state index is 11.9. The minimum absolute atomic E-state index is 0.0294. The van der Waals surface area contributed by atoms with Crippen LogP contribution in [0.5, 0.6) is 11.5 Å². The molecule has 0 N–H and O–H groups in total. The fourth-order valence-corrected chi connectivity index (χ4v) is 2.08. The van der Waals surface area contributed by atoms with Crippen LogP contribution in [0.2, 0.25) is 5.02 Å². The molecule has 0 saturated carbocycles. The van der Waals surface area contributed by atoms with Gasteiger partial charge in [-0.2, -0.15) is 5.26 Å². The molecule has 1 atom stereocenters. The van der Waals surface area contributed by atoms with Crippen molar-refractivity contribution in [1.29, 1.82) is 5.26 Å². The lowest BCUT2D eigenvalue weighted by Gasteiger charge is -2.17. The number of halogens is 1. The molecule has 0 aliphatic carbocycles. The molecule has 0 amide bonds. The highest BCUT2D eigenvalue weighted by molar-refractivity contribution is 6.32. The summed E-state index contributed by atoms with van der Waals surface area (Å²) in [6.45, 7) is 4.25. The summed E-state index contributed by atoms with van der Waals surface area (Å²) in [5, 5.41) is 9.51. The van der Waals surface area contributed by atoms with Crippen LogP contribution in [0, 0.1) is 11.3 Å². The number of hydrogen-bond donors (Lipinski definition) is 0. The highest BCUT2D eigenvalue weighted by Crippen LogP contribution is 2.38. The highest BCUT2D eigenvalue weighted by atomic mass is 35.5. The first-order chi connectivity index (χ1) is 12.0. The van der Waals surface area contributed by atoms with Gasteiger partial charge in [-0.15, -0.1) is 0 Å². The Morgan fingerprint density at radius 3 is 2.64 bits per heavy atom. The second-order valence-electron chi connectivity index (χ2n) is 5.17. The van der Waals surface area contributed by atoms with Crippen LogP contribution in [-0.2, 0) is 14.3 Å². The lowest BCUT2D eigenvalue weighted by molar-refractivity contribution is -0.139. The molecule has 1 unspecified atom stereocenters. The number of carbonyl (C=O) groups excluding carboxylic acids is 1. The zero-order chi connectivity index (χ0) is 18.8. The Hall–Kier alpha value is -2.23. The van der Waals surface area contributed by atoms with Crippen molar-refractivity contribution in [3.8, 4) is 17.6 Å². The van der Waals surface area contributed by atoms with E-state index in [0.717, 1.165) is 6.42 Å². The summed E-state index contributed by atoms with van der Waals surface area (Å²) < 4.78 is 20.8. The van der Waals surface area contributed by atoms with Crippen molar-refractivity contribution in [3.63, 3.8) is 0 Å². The van der Waals surface area contributed by atoms with Crippen molar-refractivity contribution in [2.45, 2.75) is 26.4 Å². The second kappa shape index (κ2) is 10.6. The number of esters is 1. The fourth-order valence-electron chi connectivity index (χ4n) is 1.82. The number of methoxy groups -OCH3 is 2. The normalized spacial score (nSPS) is 12.2. The van der Waals surface area contributed by atoms with Gasteiger partial charge in [0, 0.05) is 7.11 Å². The molecule has 1 rings (SSSR count). The summed E-state index contributed by atoms with van der Waals surface area (Å²) in [6, 6.07) is 5.06. The van der Waals surface area contributed by atoms with Gasteiger partial charge >= 0.3 is 5.97 Å². The van der Waals surface area contributed by atoms with Crippen molar-refractivity contribution >= 4 is 23.6 Å². The Balaban J connectivity index is 3.10. The van der Waals surface area contributed by atoms with Crippen molar-refractivity contribution in [1.82, 2.24) is 0 Å². The summed E-state index contributed by atoms with van der Waals surface area (Å²) in [6.07, 6.45) is 2.17. The monoisotopic (exact) mass is 367 g/mol. The molecule has 0 aliphatic rings. The van der Waals surface area contributed by atoms with E-state index in [0.29, 0.717) is 22.1 Å². The SMILES string of the molecule is CCC(C)Oc1c(Cl)cc(C=C(C#N)C(=O)OCCOC)cc1OC. The van der Waals surface area contributed by atoms with Gasteiger partial charge in [0.05, 0.1) is 24.8 Å². The maximum Gasteiger partial charge on any atom is 0.348 e. The third-order valence-electron chi connectivity index (χ3n) is 3.32. The van der Waals surface area contributed by atoms with Gasteiger partial charge in [-0.1, -0.05) is 18.5 Å². The van der Waals surface area contributed by atoms with Crippen LogP contribution in [0.25, 0.3) is 6.08 Å². The third-order valence-corrected chi connectivity index (χ3v) is 3.60. The molecule has 6 nitrogen and oxygen atoms in total. The predicted octanol–water partition coefficient (Wildman–Crippen LogP) is 3.62. The van der Waals surface area contributed by atoms with Crippen LogP contribution >= 0.6 is 11.6 Å². The van der Waals surface area contributed by atoms with Gasteiger partial charge in [0.15, 0.2) is 11.5 Å². The third kappa shape index (κ3) is 6.29. The minimum Gasteiger partial charge on any atom is -0.493 e. The number of benzene rings is 1. The molecule has 0 saturated heterocycles. The van der Waals surface area contributed by atoms with Crippen LogP contribution in [-0.4, -0.2) is 39.5 Å². The van der Waals surface area contributed by atoms with Crippen LogP contribution in [0.15, 0.2) is 17.7 Å².